The molecule has 1 unspecified atom stereocenters. The molecule has 1 saturated heterocycles. The van der Waals surface area contributed by atoms with E-state index in [-0.39, 0.29) is 12.4 Å². The topological polar surface area (TPSA) is 171 Å². The molecule has 32 heavy (non-hydrogen) atoms. The average molecular weight is 474 g/mol. The van der Waals surface area contributed by atoms with Crippen molar-refractivity contribution in [1.29, 1.82) is 0 Å². The number of nitrogens with two attached hydrogens (primary N) is 1. The molecule has 0 aliphatic carbocycles. The van der Waals surface area contributed by atoms with E-state index in [0.717, 1.165) is 0 Å². The lowest BCUT2D eigenvalue weighted by Gasteiger charge is -2.26. The summed E-state index contributed by atoms with van der Waals surface area (Å²) in [6, 6.07) is 2.22. The van der Waals surface area contributed by atoms with Crippen molar-refractivity contribution in [3.05, 3.63) is 24.2 Å². The highest BCUT2D eigenvalue weighted by atomic mass is 31.1. The van der Waals surface area contributed by atoms with Gasteiger partial charge in [-0.2, -0.15) is 5.10 Å². The van der Waals surface area contributed by atoms with Crippen molar-refractivity contribution in [3.8, 4) is 0 Å². The van der Waals surface area contributed by atoms with Gasteiger partial charge in [-0.15, -0.1) is 4.52 Å². The summed E-state index contributed by atoms with van der Waals surface area (Å²) in [4.78, 5) is 15.6. The summed E-state index contributed by atoms with van der Waals surface area (Å²) in [6.07, 6.45) is -2.56. The maximum atomic E-state index is 14.0. The van der Waals surface area contributed by atoms with Crippen molar-refractivity contribution in [2.45, 2.75) is 50.2 Å². The normalized spacial score (nSPS) is 26.9. The molecule has 2 aromatic heterocycles. The van der Waals surface area contributed by atoms with Crippen LogP contribution < -0.4 is 10.8 Å². The summed E-state index contributed by atoms with van der Waals surface area (Å²) in [5.74, 6) is -0.429. The van der Waals surface area contributed by atoms with Crippen molar-refractivity contribution in [3.63, 3.8) is 0 Å². The number of carbonyl (C=O) groups excluding carboxylic acids is 1. The average Bonchev–Trinajstić information content (AvgIpc) is 3.31. The minimum atomic E-state index is -2.63. The Labute approximate surface area is 183 Å². The lowest BCUT2D eigenvalue weighted by molar-refractivity contribution is -0.145. The molecule has 0 bridgehead atoms. The third-order valence-corrected chi connectivity index (χ3v) is 6.05. The molecule has 0 spiro atoms. The van der Waals surface area contributed by atoms with Gasteiger partial charge in [0.2, 0.25) is 0 Å². The number of aromatic nitrogens is 3. The van der Waals surface area contributed by atoms with Gasteiger partial charge in [0.15, 0.2) is 11.4 Å². The number of hydrogen-bond acceptors (Lipinski definition) is 10. The Morgan fingerprint density at radius 1 is 1.50 bits per heavy atom. The third kappa shape index (κ3) is 4.72. The molecule has 12 nitrogen and oxygen atoms in total. The number of aliphatic hydroxyl groups is 2. The Hall–Kier alpha value is -2.28. The molecule has 176 valence electrons. The predicted molar refractivity (Wildman–Crippen MR) is 109 cm³/mol. The molecule has 1 fully saturated rings. The van der Waals surface area contributed by atoms with Crippen LogP contribution in [0.15, 0.2) is 18.5 Å². The Balaban J connectivity index is 1.69. The molecule has 5 N–H and O–H groups in total. The van der Waals surface area contributed by atoms with Gasteiger partial charge < -0.3 is 25.4 Å². The highest BCUT2D eigenvalue weighted by Crippen LogP contribution is 2.42. The summed E-state index contributed by atoms with van der Waals surface area (Å²) in [6.45, 7) is 1.60. The first kappa shape index (κ1) is 24.4. The van der Waals surface area contributed by atoms with E-state index in [1.807, 2.05) is 6.92 Å². The monoisotopic (exact) mass is 474 g/mol. The van der Waals surface area contributed by atoms with Crippen LogP contribution in [-0.4, -0.2) is 74.5 Å². The highest BCUT2D eigenvalue weighted by Gasteiger charge is 2.57. The fraction of sp³-hybridized carbons (Fsp3) is 0.611. The molecule has 2 aromatic rings. The summed E-state index contributed by atoms with van der Waals surface area (Å²) >= 11 is 0. The number of rotatable bonds is 10. The number of anilines is 1. The van der Waals surface area contributed by atoms with Gasteiger partial charge in [0.05, 0.1) is 12.3 Å². The smallest absolute Gasteiger partial charge is 0.464 e. The number of halogens is 1. The number of nitrogens with zero attached hydrogens (tertiary/aromatic N) is 3. The second-order valence-electron chi connectivity index (χ2n) is 7.42. The van der Waals surface area contributed by atoms with Gasteiger partial charge in [-0.05, 0) is 30.0 Å². The molecule has 3 rings (SSSR count). The number of nitrogen functional groups attached to an aromatic ring is 1. The van der Waals surface area contributed by atoms with Crippen molar-refractivity contribution in [2.75, 3.05) is 25.6 Å². The molecule has 0 radical (unpaired) electrons. The number of alkyl halides is 1. The third-order valence-electron chi connectivity index (χ3n) is 5.09. The summed E-state index contributed by atoms with van der Waals surface area (Å²) in [5, 5.41) is 27.5. The summed E-state index contributed by atoms with van der Waals surface area (Å²) in [5.41, 5.74) is 4.56. The van der Waals surface area contributed by atoms with Crippen LogP contribution in [-0.2, 0) is 23.4 Å². The summed E-state index contributed by atoms with van der Waals surface area (Å²) < 4.78 is 43.4. The minimum absolute atomic E-state index is 0.189. The van der Waals surface area contributed by atoms with E-state index in [9.17, 15) is 24.0 Å². The number of fused-ring (bicyclic) bond motifs is 1. The first-order chi connectivity index (χ1) is 15.2. The van der Waals surface area contributed by atoms with E-state index in [1.54, 1.807) is 12.1 Å². The van der Waals surface area contributed by atoms with Crippen LogP contribution >= 0.6 is 8.18 Å². The quantitative estimate of drug-likeness (QED) is 0.278. The molecule has 0 amide bonds. The van der Waals surface area contributed by atoms with Crippen molar-refractivity contribution >= 4 is 25.5 Å². The van der Waals surface area contributed by atoms with Crippen LogP contribution in [0.2, 0.25) is 0 Å². The van der Waals surface area contributed by atoms with Gasteiger partial charge in [0, 0.05) is 0 Å². The molecule has 1 aliphatic heterocycles. The zero-order valence-electron chi connectivity index (χ0n) is 17.5. The Morgan fingerprint density at radius 2 is 2.25 bits per heavy atom. The predicted octanol–water partition coefficient (Wildman–Crippen LogP) is 0.418. The van der Waals surface area contributed by atoms with Crippen LogP contribution in [0.3, 0.4) is 0 Å². The van der Waals surface area contributed by atoms with E-state index < -0.39 is 57.4 Å². The van der Waals surface area contributed by atoms with Crippen LogP contribution in [0.1, 0.15) is 32.1 Å². The highest BCUT2D eigenvalue weighted by molar-refractivity contribution is 7.36. The molecule has 14 heteroatoms. The fourth-order valence-electron chi connectivity index (χ4n) is 3.31. The van der Waals surface area contributed by atoms with E-state index in [2.05, 4.69) is 15.2 Å². The molecular formula is C18H26FN5O7P+. The molecule has 1 aliphatic rings. The largest absolute Gasteiger partial charge is 0.613 e. The lowest BCUT2D eigenvalue weighted by atomic mass is 9.96. The van der Waals surface area contributed by atoms with Crippen molar-refractivity contribution in [2.24, 2.45) is 0 Å². The standard InChI is InChI=1S/C18H26FN5O7P/c1-3-6-29-17(27)10(2)23-32(28)30-8-18(7-19)15(26)13(25)14(31-18)11-4-5-12-16(20)21-9-22-24(11)12/h4-5,9-10,13-15,25-26H,3,6-8H2,1-2H3,(H,23,28)(H2,20,21,22)/q+1/t10-,13-,14-,15-,18+/m0/s1. The van der Waals surface area contributed by atoms with Gasteiger partial charge in [-0.3, -0.25) is 4.79 Å². The van der Waals surface area contributed by atoms with Crippen LogP contribution in [0.5, 0.6) is 0 Å². The Bertz CT molecular complexity index is 978. The van der Waals surface area contributed by atoms with Gasteiger partial charge >= 0.3 is 14.1 Å². The number of ether oxygens (including phenoxy) is 2. The SMILES string of the molecule is CCCOC(=O)[C@H](C)N[P+](=O)OC[C@@]1(CF)O[C@@H](c2ccc3c(N)ncnn23)[C@H](O)[C@@H]1O. The molecule has 0 saturated carbocycles. The number of hydrogen-bond donors (Lipinski definition) is 4. The van der Waals surface area contributed by atoms with E-state index >= 15 is 0 Å². The first-order valence-corrected chi connectivity index (χ1v) is 11.1. The van der Waals surface area contributed by atoms with Crippen LogP contribution in [0, 0.1) is 0 Å². The fourth-order valence-corrected chi connectivity index (χ4v) is 4.14. The van der Waals surface area contributed by atoms with Gasteiger partial charge in [-0.1, -0.05) is 12.0 Å². The number of esters is 1. The van der Waals surface area contributed by atoms with Gasteiger partial charge in [-0.25, -0.2) is 13.9 Å². The summed E-state index contributed by atoms with van der Waals surface area (Å²) in [7, 11) is -2.63. The number of aliphatic hydroxyl groups excluding tert-OH is 2. The Morgan fingerprint density at radius 3 is 2.94 bits per heavy atom. The molecule has 6 atom stereocenters. The van der Waals surface area contributed by atoms with Gasteiger partial charge in [0.25, 0.3) is 0 Å². The first-order valence-electron chi connectivity index (χ1n) is 9.95. The molecule has 3 heterocycles. The van der Waals surface area contributed by atoms with Crippen LogP contribution in [0.25, 0.3) is 5.52 Å². The lowest BCUT2D eigenvalue weighted by Crippen LogP contribution is -2.48. The van der Waals surface area contributed by atoms with Crippen LogP contribution in [0.4, 0.5) is 10.2 Å². The maximum absolute atomic E-state index is 14.0. The zero-order valence-corrected chi connectivity index (χ0v) is 18.4. The Kier molecular flexibility index (Phi) is 7.70. The maximum Gasteiger partial charge on any atom is 0.613 e. The van der Waals surface area contributed by atoms with Crippen molar-refractivity contribution in [1.82, 2.24) is 19.7 Å². The molecule has 0 aromatic carbocycles. The number of nitrogens with one attached hydrogen (secondary N) is 1. The van der Waals surface area contributed by atoms with Crippen molar-refractivity contribution < 1.29 is 38.0 Å². The minimum Gasteiger partial charge on any atom is -0.464 e. The second-order valence-corrected chi connectivity index (χ2v) is 8.45. The number of carbonyl (C=O) groups is 1. The van der Waals surface area contributed by atoms with Gasteiger partial charge in [0.1, 0.15) is 49.5 Å². The van der Waals surface area contributed by atoms with E-state index in [4.69, 9.17) is 19.7 Å². The van der Waals surface area contributed by atoms with E-state index in [1.165, 1.54) is 17.8 Å². The second kappa shape index (κ2) is 10.1. The van der Waals surface area contributed by atoms with E-state index in [0.29, 0.717) is 17.6 Å². The zero-order chi connectivity index (χ0) is 23.5. The molecular weight excluding hydrogens is 448 g/mol.